The summed E-state index contributed by atoms with van der Waals surface area (Å²) in [5.41, 5.74) is 7.30. The molecule has 1 unspecified atom stereocenters. The first kappa shape index (κ1) is 12.0. The molecule has 0 saturated heterocycles. The summed E-state index contributed by atoms with van der Waals surface area (Å²) < 4.78 is 16.9. The van der Waals surface area contributed by atoms with Crippen molar-refractivity contribution in [3.05, 3.63) is 23.8 Å². The number of anilines is 1. The van der Waals surface area contributed by atoms with E-state index in [2.05, 4.69) is 0 Å². The van der Waals surface area contributed by atoms with Crippen molar-refractivity contribution < 1.29 is 8.95 Å². The van der Waals surface area contributed by atoms with Crippen LogP contribution in [0.5, 0.6) is 5.75 Å². The van der Waals surface area contributed by atoms with E-state index >= 15 is 0 Å². The highest BCUT2D eigenvalue weighted by Crippen LogP contribution is 2.22. The SMILES string of the molecule is CCOc1ccc(N)cc1CS(=O)CC. The van der Waals surface area contributed by atoms with Crippen LogP contribution in [0.2, 0.25) is 0 Å². The molecule has 0 aromatic heterocycles. The van der Waals surface area contributed by atoms with Crippen LogP contribution in [0.3, 0.4) is 0 Å². The monoisotopic (exact) mass is 227 g/mol. The maximum absolute atomic E-state index is 11.5. The summed E-state index contributed by atoms with van der Waals surface area (Å²) in [4.78, 5) is 0. The second kappa shape index (κ2) is 5.75. The van der Waals surface area contributed by atoms with Crippen LogP contribution < -0.4 is 10.5 Å². The molecule has 0 saturated carbocycles. The largest absolute Gasteiger partial charge is 0.494 e. The van der Waals surface area contributed by atoms with Crippen molar-refractivity contribution in [3.63, 3.8) is 0 Å². The minimum atomic E-state index is -0.836. The van der Waals surface area contributed by atoms with Crippen molar-refractivity contribution >= 4 is 16.5 Å². The number of rotatable bonds is 5. The van der Waals surface area contributed by atoms with Crippen molar-refractivity contribution in [2.24, 2.45) is 0 Å². The van der Waals surface area contributed by atoms with E-state index in [1.807, 2.05) is 26.0 Å². The van der Waals surface area contributed by atoms with Crippen molar-refractivity contribution in [1.82, 2.24) is 0 Å². The Hall–Kier alpha value is -1.03. The van der Waals surface area contributed by atoms with Gasteiger partial charge in [0.2, 0.25) is 0 Å². The molecule has 0 aliphatic rings. The first-order chi connectivity index (χ1) is 7.17. The number of nitrogen functional groups attached to an aromatic ring is 1. The fourth-order valence-corrected chi connectivity index (χ4v) is 2.06. The van der Waals surface area contributed by atoms with Gasteiger partial charge in [-0.15, -0.1) is 0 Å². The van der Waals surface area contributed by atoms with E-state index in [9.17, 15) is 4.21 Å². The van der Waals surface area contributed by atoms with Crippen LogP contribution in [-0.2, 0) is 16.6 Å². The molecule has 0 aliphatic carbocycles. The molecule has 4 heteroatoms. The Balaban J connectivity index is 2.91. The zero-order valence-electron chi connectivity index (χ0n) is 9.16. The van der Waals surface area contributed by atoms with Gasteiger partial charge >= 0.3 is 0 Å². The highest BCUT2D eigenvalue weighted by atomic mass is 32.2. The molecule has 0 radical (unpaired) electrons. The molecule has 2 N–H and O–H groups in total. The van der Waals surface area contributed by atoms with Gasteiger partial charge in [-0.05, 0) is 25.1 Å². The second-order valence-electron chi connectivity index (χ2n) is 3.17. The minimum Gasteiger partial charge on any atom is -0.494 e. The molecule has 0 bridgehead atoms. The zero-order chi connectivity index (χ0) is 11.3. The minimum absolute atomic E-state index is 0.511. The van der Waals surface area contributed by atoms with Gasteiger partial charge in [-0.1, -0.05) is 6.92 Å². The van der Waals surface area contributed by atoms with Crippen LogP contribution in [0.15, 0.2) is 18.2 Å². The molecule has 1 aromatic rings. The van der Waals surface area contributed by atoms with Gasteiger partial charge in [0, 0.05) is 27.8 Å². The predicted molar refractivity (Wildman–Crippen MR) is 64.4 cm³/mol. The third-order valence-corrected chi connectivity index (χ3v) is 3.30. The summed E-state index contributed by atoms with van der Waals surface area (Å²) in [5.74, 6) is 1.95. The fraction of sp³-hybridized carbons (Fsp3) is 0.455. The van der Waals surface area contributed by atoms with Crippen molar-refractivity contribution in [1.29, 1.82) is 0 Å². The van der Waals surface area contributed by atoms with Crippen LogP contribution in [0.25, 0.3) is 0 Å². The average Bonchev–Trinajstić information content (AvgIpc) is 2.22. The third-order valence-electron chi connectivity index (χ3n) is 2.02. The molecule has 0 heterocycles. The number of hydrogen-bond donors (Lipinski definition) is 1. The number of hydrogen-bond acceptors (Lipinski definition) is 3. The third kappa shape index (κ3) is 3.55. The molecular weight excluding hydrogens is 210 g/mol. The number of ether oxygens (including phenoxy) is 1. The van der Waals surface area contributed by atoms with Gasteiger partial charge in [-0.25, -0.2) is 0 Å². The molecule has 0 fully saturated rings. The Bertz CT molecular complexity index is 352. The molecule has 1 rings (SSSR count). The summed E-state index contributed by atoms with van der Waals surface area (Å²) in [6.07, 6.45) is 0. The maximum atomic E-state index is 11.5. The summed E-state index contributed by atoms with van der Waals surface area (Å²) in [7, 11) is -0.836. The molecule has 1 atom stereocenters. The highest BCUT2D eigenvalue weighted by molar-refractivity contribution is 7.84. The lowest BCUT2D eigenvalue weighted by Crippen LogP contribution is -2.03. The Morgan fingerprint density at radius 1 is 1.40 bits per heavy atom. The lowest BCUT2D eigenvalue weighted by Gasteiger charge is -2.10. The van der Waals surface area contributed by atoms with E-state index in [0.29, 0.717) is 23.8 Å². The van der Waals surface area contributed by atoms with Gasteiger partial charge < -0.3 is 10.5 Å². The van der Waals surface area contributed by atoms with E-state index in [1.54, 1.807) is 6.07 Å². The molecule has 0 amide bonds. The molecule has 1 aromatic carbocycles. The lowest BCUT2D eigenvalue weighted by atomic mass is 10.2. The van der Waals surface area contributed by atoms with Crippen molar-refractivity contribution in [3.8, 4) is 5.75 Å². The van der Waals surface area contributed by atoms with Crippen LogP contribution in [0.4, 0.5) is 5.69 Å². The van der Waals surface area contributed by atoms with Crippen molar-refractivity contribution in [2.75, 3.05) is 18.1 Å². The van der Waals surface area contributed by atoms with Crippen LogP contribution in [0, 0.1) is 0 Å². The quantitative estimate of drug-likeness (QED) is 0.782. The smallest absolute Gasteiger partial charge is 0.123 e. The lowest BCUT2D eigenvalue weighted by molar-refractivity contribution is 0.337. The molecule has 15 heavy (non-hydrogen) atoms. The van der Waals surface area contributed by atoms with E-state index in [4.69, 9.17) is 10.5 Å². The van der Waals surface area contributed by atoms with Crippen LogP contribution >= 0.6 is 0 Å². The fourth-order valence-electron chi connectivity index (χ4n) is 1.28. The van der Waals surface area contributed by atoms with E-state index < -0.39 is 10.8 Å². The maximum Gasteiger partial charge on any atom is 0.123 e. The van der Waals surface area contributed by atoms with Crippen LogP contribution in [-0.4, -0.2) is 16.6 Å². The summed E-state index contributed by atoms with van der Waals surface area (Å²) in [5, 5.41) is 0. The zero-order valence-corrected chi connectivity index (χ0v) is 9.97. The van der Waals surface area contributed by atoms with Gasteiger partial charge in [-0.2, -0.15) is 0 Å². The molecule has 3 nitrogen and oxygen atoms in total. The average molecular weight is 227 g/mol. The first-order valence-corrected chi connectivity index (χ1v) is 6.52. The molecule has 0 aliphatic heterocycles. The van der Waals surface area contributed by atoms with Gasteiger partial charge in [0.25, 0.3) is 0 Å². The highest BCUT2D eigenvalue weighted by Gasteiger charge is 2.07. The summed E-state index contributed by atoms with van der Waals surface area (Å²) in [6, 6.07) is 5.46. The number of nitrogens with two attached hydrogens (primary N) is 1. The Morgan fingerprint density at radius 2 is 2.13 bits per heavy atom. The first-order valence-electron chi connectivity index (χ1n) is 5.03. The molecule has 84 valence electrons. The summed E-state index contributed by atoms with van der Waals surface area (Å²) in [6.45, 7) is 4.44. The standard InChI is InChI=1S/C11H17NO2S/c1-3-14-11-6-5-10(12)7-9(11)8-15(13)4-2/h5-7H,3-4,8,12H2,1-2H3. The normalized spacial score (nSPS) is 12.4. The summed E-state index contributed by atoms with van der Waals surface area (Å²) >= 11 is 0. The van der Waals surface area contributed by atoms with Crippen molar-refractivity contribution in [2.45, 2.75) is 19.6 Å². The van der Waals surface area contributed by atoms with Crippen LogP contribution in [0.1, 0.15) is 19.4 Å². The van der Waals surface area contributed by atoms with E-state index in [1.165, 1.54) is 0 Å². The van der Waals surface area contributed by atoms with E-state index in [0.717, 1.165) is 11.3 Å². The molecule has 0 spiro atoms. The van der Waals surface area contributed by atoms with Gasteiger partial charge in [0.1, 0.15) is 5.75 Å². The van der Waals surface area contributed by atoms with Gasteiger partial charge in [0.05, 0.1) is 12.4 Å². The van der Waals surface area contributed by atoms with Gasteiger partial charge in [-0.3, -0.25) is 4.21 Å². The Kier molecular flexibility index (Phi) is 4.62. The molecular formula is C11H17NO2S. The van der Waals surface area contributed by atoms with Gasteiger partial charge in [0.15, 0.2) is 0 Å². The number of benzene rings is 1. The topological polar surface area (TPSA) is 52.3 Å². The Morgan fingerprint density at radius 3 is 2.73 bits per heavy atom. The predicted octanol–water partition coefficient (Wildman–Crippen LogP) is 1.94. The Labute approximate surface area is 93.1 Å². The van der Waals surface area contributed by atoms with E-state index in [-0.39, 0.29) is 0 Å². The second-order valence-corrected chi connectivity index (χ2v) is 4.92.